The molecule has 1 N–H and O–H groups in total. The third-order valence-electron chi connectivity index (χ3n) is 2.16. The van der Waals surface area contributed by atoms with Crippen molar-refractivity contribution in [2.75, 3.05) is 5.32 Å². The molecular formula is C11H10BrN3OS. The number of anilines is 1. The topological polar surface area (TPSA) is 46.9 Å². The molecule has 1 aromatic carbocycles. The number of hydrogen-bond acceptors (Lipinski definition) is 3. The summed E-state index contributed by atoms with van der Waals surface area (Å²) in [7, 11) is 1.79. The van der Waals surface area contributed by atoms with Gasteiger partial charge in [0.1, 0.15) is 0 Å². The Bertz CT molecular complexity index is 568. The lowest BCUT2D eigenvalue weighted by atomic mass is 10.2. The molecule has 0 radical (unpaired) electrons. The first-order valence-corrected chi connectivity index (χ1v) is 6.10. The Hall–Kier alpha value is -1.27. The third-order valence-corrected chi connectivity index (χ3v) is 3.02. The van der Waals surface area contributed by atoms with Gasteiger partial charge in [0.05, 0.1) is 5.56 Å². The minimum atomic E-state index is -0.221. The standard InChI is InChI=1S/C11H10BrN3OS/c1-15-5-4-10(14-15)13-11(16)8-3-2-7(12)6-9(8)17/h2-6,17H,1H3,(H,13,14,16). The average molecular weight is 312 g/mol. The Morgan fingerprint density at radius 1 is 1.47 bits per heavy atom. The van der Waals surface area contributed by atoms with Crippen LogP contribution in [0.3, 0.4) is 0 Å². The van der Waals surface area contributed by atoms with Crippen molar-refractivity contribution in [3.8, 4) is 0 Å². The molecule has 0 saturated heterocycles. The summed E-state index contributed by atoms with van der Waals surface area (Å²) in [5.41, 5.74) is 0.516. The first kappa shape index (κ1) is 12.2. The van der Waals surface area contributed by atoms with Gasteiger partial charge in [-0.05, 0) is 18.2 Å². The summed E-state index contributed by atoms with van der Waals surface area (Å²) in [5, 5.41) is 6.78. The SMILES string of the molecule is Cn1ccc(NC(=O)c2ccc(Br)cc2S)n1. The van der Waals surface area contributed by atoms with Crippen LogP contribution in [0.25, 0.3) is 0 Å². The zero-order valence-corrected chi connectivity index (χ0v) is 11.5. The quantitative estimate of drug-likeness (QED) is 0.838. The first-order chi connectivity index (χ1) is 8.06. The predicted octanol–water partition coefficient (Wildman–Crippen LogP) is 2.72. The highest BCUT2D eigenvalue weighted by molar-refractivity contribution is 9.10. The average Bonchev–Trinajstić information content (AvgIpc) is 2.63. The van der Waals surface area contributed by atoms with E-state index in [2.05, 4.69) is 39.0 Å². The second-order valence-electron chi connectivity index (χ2n) is 3.49. The van der Waals surface area contributed by atoms with E-state index in [0.717, 1.165) is 4.47 Å². The molecule has 0 saturated carbocycles. The van der Waals surface area contributed by atoms with E-state index in [4.69, 9.17) is 0 Å². The Kier molecular flexibility index (Phi) is 3.54. The Labute approximate surface area is 113 Å². The van der Waals surface area contributed by atoms with Crippen molar-refractivity contribution in [2.45, 2.75) is 4.90 Å². The lowest BCUT2D eigenvalue weighted by Gasteiger charge is -2.05. The van der Waals surface area contributed by atoms with Gasteiger partial charge in [-0.3, -0.25) is 9.48 Å². The molecule has 1 aromatic heterocycles. The molecule has 0 unspecified atom stereocenters. The molecule has 17 heavy (non-hydrogen) atoms. The molecule has 0 aliphatic carbocycles. The van der Waals surface area contributed by atoms with Gasteiger partial charge in [-0.2, -0.15) is 5.10 Å². The van der Waals surface area contributed by atoms with Crippen LogP contribution >= 0.6 is 28.6 Å². The van der Waals surface area contributed by atoms with Gasteiger partial charge in [0.15, 0.2) is 5.82 Å². The fraction of sp³-hybridized carbons (Fsp3) is 0.0909. The molecule has 1 amide bonds. The molecule has 2 aromatic rings. The van der Waals surface area contributed by atoms with Crippen LogP contribution in [0.4, 0.5) is 5.82 Å². The number of aromatic nitrogens is 2. The summed E-state index contributed by atoms with van der Waals surface area (Å²) in [6.07, 6.45) is 1.76. The number of amides is 1. The van der Waals surface area contributed by atoms with Crippen molar-refractivity contribution < 1.29 is 4.79 Å². The zero-order chi connectivity index (χ0) is 12.4. The van der Waals surface area contributed by atoms with E-state index in [1.54, 1.807) is 42.2 Å². The van der Waals surface area contributed by atoms with Gasteiger partial charge < -0.3 is 5.32 Å². The third kappa shape index (κ3) is 2.89. The zero-order valence-electron chi connectivity index (χ0n) is 9.01. The molecule has 0 aliphatic heterocycles. The number of carbonyl (C=O) groups excluding carboxylic acids is 1. The molecule has 6 heteroatoms. The van der Waals surface area contributed by atoms with E-state index < -0.39 is 0 Å². The number of carbonyl (C=O) groups is 1. The normalized spacial score (nSPS) is 10.3. The second kappa shape index (κ2) is 4.93. The number of nitrogens with one attached hydrogen (secondary N) is 1. The van der Waals surface area contributed by atoms with E-state index in [0.29, 0.717) is 16.3 Å². The molecule has 2 rings (SSSR count). The van der Waals surface area contributed by atoms with Crippen molar-refractivity contribution in [2.24, 2.45) is 7.05 Å². The Morgan fingerprint density at radius 3 is 2.82 bits per heavy atom. The molecular weight excluding hydrogens is 302 g/mol. The molecule has 0 spiro atoms. The lowest BCUT2D eigenvalue weighted by Crippen LogP contribution is -2.13. The van der Waals surface area contributed by atoms with E-state index in [1.807, 2.05) is 0 Å². The molecule has 4 nitrogen and oxygen atoms in total. The minimum Gasteiger partial charge on any atom is -0.305 e. The van der Waals surface area contributed by atoms with Crippen molar-refractivity contribution in [3.63, 3.8) is 0 Å². The number of rotatable bonds is 2. The number of benzene rings is 1. The van der Waals surface area contributed by atoms with Gasteiger partial charge in [0, 0.05) is 28.7 Å². The summed E-state index contributed by atoms with van der Waals surface area (Å²) < 4.78 is 2.51. The monoisotopic (exact) mass is 311 g/mol. The summed E-state index contributed by atoms with van der Waals surface area (Å²) in [4.78, 5) is 12.5. The summed E-state index contributed by atoms with van der Waals surface area (Å²) >= 11 is 7.58. The number of aryl methyl sites for hydroxylation is 1. The Morgan fingerprint density at radius 2 is 2.24 bits per heavy atom. The van der Waals surface area contributed by atoms with Crippen LogP contribution in [0.15, 0.2) is 39.8 Å². The van der Waals surface area contributed by atoms with Crippen LogP contribution in [0, 0.1) is 0 Å². The van der Waals surface area contributed by atoms with E-state index >= 15 is 0 Å². The second-order valence-corrected chi connectivity index (χ2v) is 4.89. The van der Waals surface area contributed by atoms with Gasteiger partial charge in [0.25, 0.3) is 5.91 Å². The van der Waals surface area contributed by atoms with Crippen molar-refractivity contribution in [1.29, 1.82) is 0 Å². The molecule has 0 atom stereocenters. The number of nitrogens with zero attached hydrogens (tertiary/aromatic N) is 2. The largest absolute Gasteiger partial charge is 0.305 e. The maximum Gasteiger partial charge on any atom is 0.257 e. The lowest BCUT2D eigenvalue weighted by molar-refractivity contribution is 0.102. The number of hydrogen-bond donors (Lipinski definition) is 2. The van der Waals surface area contributed by atoms with Gasteiger partial charge in [0.2, 0.25) is 0 Å². The molecule has 88 valence electrons. The predicted molar refractivity (Wildman–Crippen MR) is 72.6 cm³/mol. The molecule has 0 bridgehead atoms. The smallest absolute Gasteiger partial charge is 0.257 e. The van der Waals surface area contributed by atoms with Crippen LogP contribution in [-0.2, 0) is 7.05 Å². The fourth-order valence-electron chi connectivity index (χ4n) is 1.36. The summed E-state index contributed by atoms with van der Waals surface area (Å²) in [6, 6.07) is 7.02. The fourth-order valence-corrected chi connectivity index (χ4v) is 2.22. The van der Waals surface area contributed by atoms with Gasteiger partial charge >= 0.3 is 0 Å². The highest BCUT2D eigenvalue weighted by atomic mass is 79.9. The highest BCUT2D eigenvalue weighted by Crippen LogP contribution is 2.20. The molecule has 0 fully saturated rings. The van der Waals surface area contributed by atoms with Crippen molar-refractivity contribution in [1.82, 2.24) is 9.78 Å². The minimum absolute atomic E-state index is 0.221. The van der Waals surface area contributed by atoms with Crippen LogP contribution in [-0.4, -0.2) is 15.7 Å². The number of thiol groups is 1. The molecule has 0 aliphatic rings. The first-order valence-electron chi connectivity index (χ1n) is 4.86. The van der Waals surface area contributed by atoms with Gasteiger partial charge in [-0.25, -0.2) is 0 Å². The van der Waals surface area contributed by atoms with E-state index in [-0.39, 0.29) is 5.91 Å². The van der Waals surface area contributed by atoms with Gasteiger partial charge in [-0.15, -0.1) is 12.6 Å². The van der Waals surface area contributed by atoms with Crippen molar-refractivity contribution >= 4 is 40.3 Å². The highest BCUT2D eigenvalue weighted by Gasteiger charge is 2.11. The Balaban J connectivity index is 2.20. The maximum atomic E-state index is 11.9. The van der Waals surface area contributed by atoms with Crippen LogP contribution in [0.2, 0.25) is 0 Å². The van der Waals surface area contributed by atoms with Crippen molar-refractivity contribution in [3.05, 3.63) is 40.5 Å². The van der Waals surface area contributed by atoms with Gasteiger partial charge in [-0.1, -0.05) is 15.9 Å². The van der Waals surface area contributed by atoms with E-state index in [1.165, 1.54) is 0 Å². The maximum absolute atomic E-state index is 11.9. The van der Waals surface area contributed by atoms with Crippen LogP contribution in [0.5, 0.6) is 0 Å². The summed E-state index contributed by atoms with van der Waals surface area (Å²) in [5.74, 6) is 0.300. The molecule has 1 heterocycles. The van der Waals surface area contributed by atoms with Crippen LogP contribution in [0.1, 0.15) is 10.4 Å². The number of halogens is 1. The van der Waals surface area contributed by atoms with Crippen LogP contribution < -0.4 is 5.32 Å². The van der Waals surface area contributed by atoms with E-state index in [9.17, 15) is 4.79 Å². The summed E-state index contributed by atoms with van der Waals surface area (Å²) in [6.45, 7) is 0.